The summed E-state index contributed by atoms with van der Waals surface area (Å²) in [5.74, 6) is 0. The van der Waals surface area contributed by atoms with Gasteiger partial charge in [0.15, 0.2) is 5.43 Å². The Labute approximate surface area is 142 Å². The van der Waals surface area contributed by atoms with Crippen LogP contribution in [0.4, 0.5) is 5.69 Å². The van der Waals surface area contributed by atoms with E-state index in [1.54, 1.807) is 30.5 Å². The second-order valence-electron chi connectivity index (χ2n) is 5.71. The zero-order chi connectivity index (χ0) is 17.4. The summed E-state index contributed by atoms with van der Waals surface area (Å²) < 4.78 is 0. The minimum atomic E-state index is -0.440. The lowest BCUT2D eigenvalue weighted by molar-refractivity contribution is -0.384. The Morgan fingerprint density at radius 3 is 2.52 bits per heavy atom. The molecule has 4 aromatic rings. The van der Waals surface area contributed by atoms with Crippen LogP contribution in [0.1, 0.15) is 0 Å². The lowest BCUT2D eigenvalue weighted by atomic mass is 10.1. The normalized spacial score (nSPS) is 10.9. The van der Waals surface area contributed by atoms with Crippen LogP contribution in [0.15, 0.2) is 77.7 Å². The van der Waals surface area contributed by atoms with E-state index in [4.69, 9.17) is 0 Å². The van der Waals surface area contributed by atoms with E-state index in [2.05, 4.69) is 4.98 Å². The van der Waals surface area contributed by atoms with Crippen molar-refractivity contribution < 1.29 is 4.92 Å². The summed E-state index contributed by atoms with van der Waals surface area (Å²) in [6.07, 6.45) is 1.63. The molecule has 0 bridgehead atoms. The molecule has 0 fully saturated rings. The molecule has 25 heavy (non-hydrogen) atoms. The topological polar surface area (TPSA) is 73.1 Å². The van der Waals surface area contributed by atoms with Gasteiger partial charge in [0.05, 0.1) is 10.4 Å². The molecule has 4 rings (SSSR count). The minimum Gasteiger partial charge on any atom is -0.289 e. The molecule has 0 saturated carbocycles. The summed E-state index contributed by atoms with van der Waals surface area (Å²) in [4.78, 5) is 27.8. The SMILES string of the molecule is O=c1c2ccccc2ccc2ncc(-c3cccc([N+](=O)[O-])c3)cc12. The van der Waals surface area contributed by atoms with Crippen LogP contribution in [-0.4, -0.2) is 9.91 Å². The molecule has 0 aliphatic heterocycles. The van der Waals surface area contributed by atoms with Crippen molar-refractivity contribution in [1.82, 2.24) is 4.98 Å². The van der Waals surface area contributed by atoms with Gasteiger partial charge in [0.1, 0.15) is 0 Å². The largest absolute Gasteiger partial charge is 0.289 e. The second-order valence-corrected chi connectivity index (χ2v) is 5.71. The van der Waals surface area contributed by atoms with Gasteiger partial charge < -0.3 is 0 Å². The number of nitro groups is 1. The maximum atomic E-state index is 12.9. The number of benzene rings is 2. The first kappa shape index (κ1) is 15.0. The molecule has 1 heterocycles. The van der Waals surface area contributed by atoms with Crippen molar-refractivity contribution >= 4 is 27.4 Å². The maximum absolute atomic E-state index is 12.9. The Hall–Kier alpha value is -3.60. The number of nitro benzene ring substituents is 1. The molecule has 0 spiro atoms. The number of fused-ring (bicyclic) bond motifs is 2. The molecule has 0 aliphatic carbocycles. The smallest absolute Gasteiger partial charge is 0.270 e. The predicted molar refractivity (Wildman–Crippen MR) is 97.6 cm³/mol. The van der Waals surface area contributed by atoms with Crippen LogP contribution in [0.3, 0.4) is 0 Å². The Kier molecular flexibility index (Phi) is 3.47. The fourth-order valence-corrected chi connectivity index (χ4v) is 2.91. The highest BCUT2D eigenvalue weighted by atomic mass is 16.6. The summed E-state index contributed by atoms with van der Waals surface area (Å²) in [7, 11) is 0. The third-order valence-electron chi connectivity index (χ3n) is 4.18. The Morgan fingerprint density at radius 2 is 1.68 bits per heavy atom. The van der Waals surface area contributed by atoms with Crippen LogP contribution in [0.2, 0.25) is 0 Å². The van der Waals surface area contributed by atoms with E-state index in [1.807, 2.05) is 30.3 Å². The Bertz CT molecular complexity index is 1200. The van der Waals surface area contributed by atoms with Crippen molar-refractivity contribution in [2.24, 2.45) is 0 Å². The van der Waals surface area contributed by atoms with E-state index < -0.39 is 4.92 Å². The lowest BCUT2D eigenvalue weighted by Gasteiger charge is -2.02. The second kappa shape index (κ2) is 5.79. The molecule has 0 saturated heterocycles. The first-order valence-electron chi connectivity index (χ1n) is 7.70. The van der Waals surface area contributed by atoms with Gasteiger partial charge >= 0.3 is 0 Å². The maximum Gasteiger partial charge on any atom is 0.270 e. The van der Waals surface area contributed by atoms with E-state index in [0.29, 0.717) is 27.4 Å². The van der Waals surface area contributed by atoms with Crippen LogP contribution >= 0.6 is 0 Å². The van der Waals surface area contributed by atoms with Crippen molar-refractivity contribution in [3.05, 3.63) is 93.3 Å². The molecule has 0 unspecified atom stereocenters. The third kappa shape index (κ3) is 2.61. The van der Waals surface area contributed by atoms with Crippen LogP contribution < -0.4 is 5.43 Å². The fraction of sp³-hybridized carbons (Fsp3) is 0. The highest BCUT2D eigenvalue weighted by molar-refractivity contribution is 5.93. The Morgan fingerprint density at radius 1 is 0.840 bits per heavy atom. The summed E-state index contributed by atoms with van der Waals surface area (Å²) in [6.45, 7) is 0. The molecule has 3 aromatic carbocycles. The molecule has 0 radical (unpaired) electrons. The van der Waals surface area contributed by atoms with Crippen molar-refractivity contribution in [2.45, 2.75) is 0 Å². The number of hydrogen-bond donors (Lipinski definition) is 0. The van der Waals surface area contributed by atoms with Crippen LogP contribution in [-0.2, 0) is 0 Å². The van der Waals surface area contributed by atoms with Gasteiger partial charge in [-0.3, -0.25) is 19.9 Å². The van der Waals surface area contributed by atoms with Crippen LogP contribution in [0.5, 0.6) is 0 Å². The van der Waals surface area contributed by atoms with Gasteiger partial charge in [-0.1, -0.05) is 42.5 Å². The molecule has 120 valence electrons. The third-order valence-corrected chi connectivity index (χ3v) is 4.18. The average molecular weight is 328 g/mol. The van der Waals surface area contributed by atoms with Gasteiger partial charge in [0.25, 0.3) is 5.69 Å². The van der Waals surface area contributed by atoms with E-state index >= 15 is 0 Å². The molecule has 5 heteroatoms. The molecule has 0 N–H and O–H groups in total. The molecule has 0 aliphatic rings. The minimum absolute atomic E-state index is 0.00371. The number of aromatic nitrogens is 1. The van der Waals surface area contributed by atoms with E-state index in [-0.39, 0.29) is 11.1 Å². The quantitative estimate of drug-likeness (QED) is 0.406. The monoisotopic (exact) mass is 328 g/mol. The van der Waals surface area contributed by atoms with E-state index in [1.165, 1.54) is 12.1 Å². The number of hydrogen-bond acceptors (Lipinski definition) is 4. The van der Waals surface area contributed by atoms with Crippen molar-refractivity contribution in [3.8, 4) is 11.1 Å². The average Bonchev–Trinajstić information content (AvgIpc) is 2.79. The van der Waals surface area contributed by atoms with E-state index in [9.17, 15) is 14.9 Å². The number of nitrogens with zero attached hydrogens (tertiary/aromatic N) is 2. The number of rotatable bonds is 2. The van der Waals surface area contributed by atoms with Gasteiger partial charge in [0, 0.05) is 34.7 Å². The summed E-state index contributed by atoms with van der Waals surface area (Å²) >= 11 is 0. The molecular formula is C20H12N2O3. The molecule has 1 aromatic heterocycles. The standard InChI is InChI=1S/C20H12N2O3/c23-20-17-7-2-1-4-13(17)8-9-19-18(20)11-15(12-21-19)14-5-3-6-16(10-14)22(24)25/h1-12H. The van der Waals surface area contributed by atoms with Crippen molar-refractivity contribution in [3.63, 3.8) is 0 Å². The summed E-state index contributed by atoms with van der Waals surface area (Å²) in [5.41, 5.74) is 1.82. The highest BCUT2D eigenvalue weighted by Gasteiger charge is 2.09. The zero-order valence-electron chi connectivity index (χ0n) is 13.0. The van der Waals surface area contributed by atoms with Crippen LogP contribution in [0, 0.1) is 10.1 Å². The van der Waals surface area contributed by atoms with Crippen molar-refractivity contribution in [1.29, 1.82) is 0 Å². The highest BCUT2D eigenvalue weighted by Crippen LogP contribution is 2.25. The predicted octanol–water partition coefficient (Wildman–Crippen LogP) is 4.32. The van der Waals surface area contributed by atoms with Gasteiger partial charge in [-0.05, 0) is 23.1 Å². The fourth-order valence-electron chi connectivity index (χ4n) is 2.91. The Balaban J connectivity index is 2.01. The van der Waals surface area contributed by atoms with Gasteiger partial charge in [-0.15, -0.1) is 0 Å². The number of pyridine rings is 1. The van der Waals surface area contributed by atoms with Crippen molar-refractivity contribution in [2.75, 3.05) is 0 Å². The number of non-ortho nitro benzene ring substituents is 1. The summed E-state index contributed by atoms with van der Waals surface area (Å²) in [5, 5.41) is 12.9. The van der Waals surface area contributed by atoms with Gasteiger partial charge in [-0.25, -0.2) is 0 Å². The molecular weight excluding hydrogens is 316 g/mol. The lowest BCUT2D eigenvalue weighted by Crippen LogP contribution is -1.99. The van der Waals surface area contributed by atoms with Gasteiger partial charge in [-0.2, -0.15) is 0 Å². The summed E-state index contributed by atoms with van der Waals surface area (Å²) in [6, 6.07) is 19.1. The van der Waals surface area contributed by atoms with E-state index in [0.717, 1.165) is 5.39 Å². The molecule has 0 atom stereocenters. The van der Waals surface area contributed by atoms with Crippen LogP contribution in [0.25, 0.3) is 32.8 Å². The first-order valence-corrected chi connectivity index (χ1v) is 7.70. The molecule has 5 nitrogen and oxygen atoms in total. The first-order chi connectivity index (χ1) is 12.1. The molecule has 0 amide bonds. The van der Waals surface area contributed by atoms with Gasteiger partial charge in [0.2, 0.25) is 0 Å². The zero-order valence-corrected chi connectivity index (χ0v) is 13.0.